The number of rotatable bonds is 3. The number of aryl methyl sites for hydroxylation is 1. The summed E-state index contributed by atoms with van der Waals surface area (Å²) in [6.07, 6.45) is 0.949. The number of fused-ring (bicyclic) bond motifs is 1. The quantitative estimate of drug-likeness (QED) is 0.865. The van der Waals surface area contributed by atoms with Gasteiger partial charge < -0.3 is 0 Å². The Morgan fingerprint density at radius 1 is 1.47 bits per heavy atom. The summed E-state index contributed by atoms with van der Waals surface area (Å²) in [6, 6.07) is 5.41. The Labute approximate surface area is 119 Å². The first-order chi connectivity index (χ1) is 8.76. The van der Waals surface area contributed by atoms with E-state index >= 15 is 0 Å². The number of carbonyl (C=O) groups excluding carboxylic acids is 1. The highest BCUT2D eigenvalue weighted by atomic mass is 35.5. The molecule has 2 aromatic rings. The zero-order valence-electron chi connectivity index (χ0n) is 10.3. The van der Waals surface area contributed by atoms with Crippen LogP contribution in [0.25, 0.3) is 10.2 Å². The van der Waals surface area contributed by atoms with E-state index in [1.807, 2.05) is 17.7 Å². The maximum Gasteiger partial charge on any atom is 0.299 e. The molecular weight excluding hydrogens is 308 g/mol. The molecule has 0 radical (unpaired) electrons. The zero-order valence-corrected chi connectivity index (χ0v) is 12.7. The van der Waals surface area contributed by atoms with Crippen LogP contribution < -0.4 is 9.29 Å². The summed E-state index contributed by atoms with van der Waals surface area (Å²) in [7, 11) is -3.54. The fourth-order valence-electron chi connectivity index (χ4n) is 1.75. The van der Waals surface area contributed by atoms with Crippen LogP contribution in [0.4, 0.5) is 0 Å². The van der Waals surface area contributed by atoms with E-state index in [-0.39, 0.29) is 6.54 Å². The fourth-order valence-corrected chi connectivity index (χ4v) is 3.40. The van der Waals surface area contributed by atoms with Crippen LogP contribution in [0.3, 0.4) is 0 Å². The second-order valence-corrected chi connectivity index (χ2v) is 7.54. The van der Waals surface area contributed by atoms with Gasteiger partial charge in [0.25, 0.3) is 5.91 Å². The van der Waals surface area contributed by atoms with Gasteiger partial charge in [-0.2, -0.15) is 4.57 Å². The summed E-state index contributed by atoms with van der Waals surface area (Å²) in [5.74, 6) is -0.574. The third kappa shape index (κ3) is 3.43. The van der Waals surface area contributed by atoms with Crippen molar-refractivity contribution >= 4 is 49.1 Å². The molecule has 1 aromatic carbocycles. The number of amides is 1. The maximum atomic E-state index is 11.7. The Balaban J connectivity index is 2.37. The van der Waals surface area contributed by atoms with E-state index in [2.05, 4.69) is 0 Å². The average molecular weight is 320 g/mol. The van der Waals surface area contributed by atoms with Crippen LogP contribution in [-0.4, -0.2) is 20.6 Å². The van der Waals surface area contributed by atoms with E-state index < -0.39 is 15.9 Å². The molecule has 8 heteroatoms. The van der Waals surface area contributed by atoms with Gasteiger partial charge >= 0.3 is 0 Å². The predicted octanol–water partition coefficient (Wildman–Crippen LogP) is 1.23. The predicted molar refractivity (Wildman–Crippen MR) is 74.8 cm³/mol. The highest BCUT2D eigenvalue weighted by molar-refractivity contribution is 7.89. The molecule has 0 aliphatic rings. The minimum atomic E-state index is -3.54. The second kappa shape index (κ2) is 5.07. The highest BCUT2D eigenvalue weighted by Gasteiger charge is 2.22. The van der Waals surface area contributed by atoms with Crippen LogP contribution in [0.1, 0.15) is 5.01 Å². The third-order valence-electron chi connectivity index (χ3n) is 2.45. The molecule has 19 heavy (non-hydrogen) atoms. The lowest BCUT2D eigenvalue weighted by molar-refractivity contribution is -0.660. The van der Waals surface area contributed by atoms with Gasteiger partial charge in [0, 0.05) is 18.0 Å². The van der Waals surface area contributed by atoms with Crippen molar-refractivity contribution in [1.29, 1.82) is 0 Å². The number of nitrogens with one attached hydrogen (secondary N) is 1. The third-order valence-corrected chi connectivity index (χ3v) is 4.36. The Morgan fingerprint density at radius 3 is 2.79 bits per heavy atom. The molecule has 0 saturated heterocycles. The minimum absolute atomic E-state index is 0.0563. The summed E-state index contributed by atoms with van der Waals surface area (Å²) < 4.78 is 26.7. The van der Waals surface area contributed by atoms with Gasteiger partial charge in [-0.15, -0.1) is 0 Å². The number of carbonyl (C=O) groups is 1. The number of hydrogen-bond acceptors (Lipinski definition) is 4. The standard InChI is InChI=1S/C11H11ClN2O3S2/c1-7-14(6-11(15)13-19(2,16)17)9-5-8(12)3-4-10(9)18-7/h3-5H,6H2,1-2H3/p+1. The van der Waals surface area contributed by atoms with Crippen LogP contribution in [0.2, 0.25) is 5.02 Å². The molecule has 102 valence electrons. The molecule has 5 nitrogen and oxygen atoms in total. The van der Waals surface area contributed by atoms with Gasteiger partial charge in [-0.1, -0.05) is 22.9 Å². The van der Waals surface area contributed by atoms with Crippen molar-refractivity contribution in [3.05, 3.63) is 28.2 Å². The van der Waals surface area contributed by atoms with Gasteiger partial charge in [0.1, 0.15) is 4.70 Å². The molecule has 2 rings (SSSR count). The molecule has 0 aliphatic carbocycles. The van der Waals surface area contributed by atoms with Gasteiger partial charge in [-0.25, -0.2) is 13.1 Å². The van der Waals surface area contributed by atoms with Crippen LogP contribution in [-0.2, 0) is 21.4 Å². The molecule has 1 amide bonds. The molecular formula is C11H12ClN2O3S2+. The van der Waals surface area contributed by atoms with Gasteiger partial charge in [-0.05, 0) is 12.1 Å². The zero-order chi connectivity index (χ0) is 14.2. The lowest BCUT2D eigenvalue weighted by Gasteiger charge is -1.99. The van der Waals surface area contributed by atoms with Crippen molar-refractivity contribution in [2.45, 2.75) is 13.5 Å². The van der Waals surface area contributed by atoms with Crippen molar-refractivity contribution in [2.75, 3.05) is 6.26 Å². The molecule has 1 N–H and O–H groups in total. The molecule has 0 aliphatic heterocycles. The normalized spacial score (nSPS) is 11.7. The lowest BCUT2D eigenvalue weighted by Crippen LogP contribution is -2.45. The summed E-state index contributed by atoms with van der Waals surface area (Å²) in [5.41, 5.74) is 0.818. The molecule has 0 bridgehead atoms. The molecule has 0 fully saturated rings. The van der Waals surface area contributed by atoms with E-state index in [1.54, 1.807) is 16.7 Å². The number of aromatic nitrogens is 1. The Bertz CT molecular complexity index is 753. The van der Waals surface area contributed by atoms with Crippen LogP contribution in [0, 0.1) is 6.92 Å². The number of thiazole rings is 1. The monoisotopic (exact) mass is 319 g/mol. The molecule has 0 atom stereocenters. The molecule has 1 aromatic heterocycles. The van der Waals surface area contributed by atoms with Gasteiger partial charge in [0.05, 0.1) is 6.26 Å². The minimum Gasteiger partial charge on any atom is -0.267 e. The second-order valence-electron chi connectivity index (χ2n) is 4.12. The van der Waals surface area contributed by atoms with E-state index in [4.69, 9.17) is 11.6 Å². The van der Waals surface area contributed by atoms with Gasteiger partial charge in [0.15, 0.2) is 0 Å². The Hall–Kier alpha value is -1.18. The molecule has 0 unspecified atom stereocenters. The van der Waals surface area contributed by atoms with Gasteiger partial charge in [-0.3, -0.25) is 4.79 Å². The van der Waals surface area contributed by atoms with E-state index in [1.165, 1.54) is 11.3 Å². The van der Waals surface area contributed by atoms with Crippen molar-refractivity contribution in [3.63, 3.8) is 0 Å². The molecule has 0 saturated carbocycles. The first-order valence-corrected chi connectivity index (χ1v) is 8.44. The number of benzene rings is 1. The summed E-state index contributed by atoms with van der Waals surface area (Å²) in [5, 5.41) is 1.48. The maximum absolute atomic E-state index is 11.7. The van der Waals surface area contributed by atoms with Crippen molar-refractivity contribution in [3.8, 4) is 0 Å². The SMILES string of the molecule is Cc1sc2ccc(Cl)cc2[n+]1CC(=O)NS(C)(=O)=O. The van der Waals surface area contributed by atoms with Crippen LogP contribution in [0.5, 0.6) is 0 Å². The van der Waals surface area contributed by atoms with E-state index in [0.29, 0.717) is 5.02 Å². The van der Waals surface area contributed by atoms with Crippen LogP contribution in [0.15, 0.2) is 18.2 Å². The summed E-state index contributed by atoms with van der Waals surface area (Å²) in [6.45, 7) is 1.81. The lowest BCUT2D eigenvalue weighted by atomic mass is 10.3. The Morgan fingerprint density at radius 2 is 2.16 bits per heavy atom. The largest absolute Gasteiger partial charge is 0.299 e. The van der Waals surface area contributed by atoms with Crippen LogP contribution >= 0.6 is 22.9 Å². The number of halogens is 1. The fraction of sp³-hybridized carbons (Fsp3) is 0.273. The first kappa shape index (κ1) is 14.2. The smallest absolute Gasteiger partial charge is 0.267 e. The number of nitrogens with zero attached hydrogens (tertiary/aromatic N) is 1. The van der Waals surface area contributed by atoms with E-state index in [0.717, 1.165) is 21.5 Å². The number of hydrogen-bond donors (Lipinski definition) is 1. The van der Waals surface area contributed by atoms with Crippen molar-refractivity contribution in [1.82, 2.24) is 4.72 Å². The highest BCUT2D eigenvalue weighted by Crippen LogP contribution is 2.23. The van der Waals surface area contributed by atoms with Crippen molar-refractivity contribution in [2.24, 2.45) is 0 Å². The summed E-state index contributed by atoms with van der Waals surface area (Å²) in [4.78, 5) is 11.7. The van der Waals surface area contributed by atoms with Crippen molar-refractivity contribution < 1.29 is 17.8 Å². The van der Waals surface area contributed by atoms with Gasteiger partial charge in [0.2, 0.25) is 27.1 Å². The molecule has 0 spiro atoms. The average Bonchev–Trinajstić information content (AvgIpc) is 2.53. The first-order valence-electron chi connectivity index (χ1n) is 5.35. The topological polar surface area (TPSA) is 67.1 Å². The summed E-state index contributed by atoms with van der Waals surface area (Å²) >= 11 is 7.46. The number of sulfonamides is 1. The van der Waals surface area contributed by atoms with E-state index in [9.17, 15) is 13.2 Å². The Kier molecular flexibility index (Phi) is 3.80. The molecule has 1 heterocycles.